The van der Waals surface area contributed by atoms with Crippen LogP contribution in [0.1, 0.15) is 78.6 Å². The third-order valence-electron chi connectivity index (χ3n) is 9.44. The van der Waals surface area contributed by atoms with Gasteiger partial charge in [-0.15, -0.1) is 0 Å². The Balaban J connectivity index is 1.64. The molecule has 3 heteroatoms. The quantitative estimate of drug-likeness (QED) is 0.687. The first kappa shape index (κ1) is 17.3. The van der Waals surface area contributed by atoms with Crippen molar-refractivity contribution in [3.63, 3.8) is 0 Å². The molecule has 4 rings (SSSR count). The zero-order chi connectivity index (χ0) is 17.3. The molecule has 0 aromatic rings. The Hall–Kier alpha value is -0.120. The molecule has 9 atom stereocenters. The minimum Gasteiger partial charge on any atom is -0.393 e. The number of hydrogen-bond acceptors (Lipinski definition) is 3. The van der Waals surface area contributed by atoms with Crippen molar-refractivity contribution in [1.29, 1.82) is 0 Å². The van der Waals surface area contributed by atoms with Crippen LogP contribution in [0.2, 0.25) is 0 Å². The second-order valence-electron chi connectivity index (χ2n) is 10.2. The fourth-order valence-corrected chi connectivity index (χ4v) is 8.06. The summed E-state index contributed by atoms with van der Waals surface area (Å²) < 4.78 is 0. The van der Waals surface area contributed by atoms with E-state index in [0.717, 1.165) is 25.7 Å². The Bertz CT molecular complexity index is 505. The van der Waals surface area contributed by atoms with Gasteiger partial charge in [-0.2, -0.15) is 0 Å². The zero-order valence-corrected chi connectivity index (χ0v) is 15.7. The van der Waals surface area contributed by atoms with Crippen LogP contribution in [-0.2, 0) is 0 Å². The van der Waals surface area contributed by atoms with Crippen molar-refractivity contribution in [2.24, 2.45) is 34.5 Å². The molecule has 24 heavy (non-hydrogen) atoms. The van der Waals surface area contributed by atoms with Gasteiger partial charge in [0.25, 0.3) is 0 Å². The van der Waals surface area contributed by atoms with Crippen LogP contribution in [0.25, 0.3) is 0 Å². The molecule has 3 nitrogen and oxygen atoms in total. The summed E-state index contributed by atoms with van der Waals surface area (Å²) in [5.74, 6) is 2.46. The predicted octanol–water partition coefficient (Wildman–Crippen LogP) is 3.50. The van der Waals surface area contributed by atoms with Gasteiger partial charge in [0, 0.05) is 6.42 Å². The third kappa shape index (κ3) is 2.13. The van der Waals surface area contributed by atoms with Gasteiger partial charge in [-0.05, 0) is 92.8 Å². The maximum atomic E-state index is 11.4. The molecule has 0 heterocycles. The highest BCUT2D eigenvalue weighted by Gasteiger charge is 2.64. The molecule has 4 aliphatic rings. The lowest BCUT2D eigenvalue weighted by Crippen LogP contribution is -2.63. The van der Waals surface area contributed by atoms with Crippen molar-refractivity contribution in [3.05, 3.63) is 0 Å². The summed E-state index contributed by atoms with van der Waals surface area (Å²) in [6.45, 7) is 6.74. The van der Waals surface area contributed by atoms with Gasteiger partial charge in [-0.25, -0.2) is 0 Å². The van der Waals surface area contributed by atoms with Crippen LogP contribution in [-0.4, -0.2) is 33.1 Å². The van der Waals surface area contributed by atoms with E-state index in [2.05, 4.69) is 13.8 Å². The van der Waals surface area contributed by atoms with E-state index in [1.54, 1.807) is 0 Å². The molecule has 0 aliphatic heterocycles. The van der Waals surface area contributed by atoms with Gasteiger partial charge in [0.05, 0.1) is 17.8 Å². The Labute approximate surface area is 146 Å². The van der Waals surface area contributed by atoms with Crippen molar-refractivity contribution >= 4 is 0 Å². The molecule has 0 saturated heterocycles. The lowest BCUT2D eigenvalue weighted by atomic mass is 9.43. The molecule has 5 unspecified atom stereocenters. The maximum Gasteiger partial charge on any atom is 0.0728 e. The summed E-state index contributed by atoms with van der Waals surface area (Å²) in [6, 6.07) is 0. The standard InChI is InChI=1S/C21H36O3/c1-13(22)16-4-5-17-15-7-11-21(24)12-14(23)6-10-20(21,3)18(15)8-9-19(16,17)2/h13-18,22-24H,4-12H2,1-3H3/t13?,14?,15?,16-,17?,18?,19-,20-,21-/m1/s1. The Morgan fingerprint density at radius 1 is 0.917 bits per heavy atom. The van der Waals surface area contributed by atoms with Gasteiger partial charge in [-0.1, -0.05) is 13.8 Å². The third-order valence-corrected chi connectivity index (χ3v) is 9.44. The van der Waals surface area contributed by atoms with E-state index >= 15 is 0 Å². The lowest BCUT2D eigenvalue weighted by molar-refractivity contribution is -0.220. The number of aliphatic hydroxyl groups excluding tert-OH is 2. The van der Waals surface area contributed by atoms with Crippen LogP contribution in [0.3, 0.4) is 0 Å². The van der Waals surface area contributed by atoms with E-state index in [1.807, 2.05) is 6.92 Å². The predicted molar refractivity (Wildman–Crippen MR) is 94.4 cm³/mol. The van der Waals surface area contributed by atoms with Gasteiger partial charge in [0.2, 0.25) is 0 Å². The first-order chi connectivity index (χ1) is 11.2. The molecule has 3 N–H and O–H groups in total. The van der Waals surface area contributed by atoms with Gasteiger partial charge in [0.1, 0.15) is 0 Å². The van der Waals surface area contributed by atoms with Crippen molar-refractivity contribution in [3.8, 4) is 0 Å². The molecule has 0 aromatic carbocycles. The molecule has 138 valence electrons. The van der Waals surface area contributed by atoms with Crippen LogP contribution in [0.15, 0.2) is 0 Å². The molecular weight excluding hydrogens is 300 g/mol. The van der Waals surface area contributed by atoms with Crippen molar-refractivity contribution < 1.29 is 15.3 Å². The highest BCUT2D eigenvalue weighted by Crippen LogP contribution is 2.68. The zero-order valence-electron chi connectivity index (χ0n) is 15.7. The molecule has 0 bridgehead atoms. The molecular formula is C21H36O3. The summed E-state index contributed by atoms with van der Waals surface area (Å²) in [5, 5.41) is 31.8. The topological polar surface area (TPSA) is 60.7 Å². The second kappa shape index (κ2) is 5.44. The summed E-state index contributed by atoms with van der Waals surface area (Å²) in [6.07, 6.45) is 8.64. The largest absolute Gasteiger partial charge is 0.393 e. The summed E-state index contributed by atoms with van der Waals surface area (Å²) in [4.78, 5) is 0. The normalized spacial score (nSPS) is 58.5. The van der Waals surface area contributed by atoms with Crippen molar-refractivity contribution in [1.82, 2.24) is 0 Å². The fourth-order valence-electron chi connectivity index (χ4n) is 8.06. The minimum atomic E-state index is -0.665. The van der Waals surface area contributed by atoms with E-state index in [4.69, 9.17) is 0 Å². The van der Waals surface area contributed by atoms with Crippen LogP contribution in [0.5, 0.6) is 0 Å². The molecule has 4 saturated carbocycles. The smallest absolute Gasteiger partial charge is 0.0728 e. The molecule has 0 spiro atoms. The first-order valence-electron chi connectivity index (χ1n) is 10.3. The highest BCUT2D eigenvalue weighted by molar-refractivity contribution is 5.14. The number of aliphatic hydroxyl groups is 3. The maximum absolute atomic E-state index is 11.4. The number of hydrogen-bond donors (Lipinski definition) is 3. The van der Waals surface area contributed by atoms with Crippen molar-refractivity contribution in [2.75, 3.05) is 0 Å². The minimum absolute atomic E-state index is 0.0284. The van der Waals surface area contributed by atoms with Gasteiger partial charge in [-0.3, -0.25) is 0 Å². The van der Waals surface area contributed by atoms with Crippen LogP contribution >= 0.6 is 0 Å². The highest BCUT2D eigenvalue weighted by atomic mass is 16.3. The van der Waals surface area contributed by atoms with Gasteiger partial charge in [0.15, 0.2) is 0 Å². The first-order valence-corrected chi connectivity index (χ1v) is 10.3. The van der Waals surface area contributed by atoms with Gasteiger partial charge >= 0.3 is 0 Å². The van der Waals surface area contributed by atoms with Crippen LogP contribution < -0.4 is 0 Å². The molecule has 0 amide bonds. The van der Waals surface area contributed by atoms with E-state index in [-0.39, 0.29) is 23.0 Å². The summed E-state index contributed by atoms with van der Waals surface area (Å²) in [7, 11) is 0. The Morgan fingerprint density at radius 2 is 1.67 bits per heavy atom. The average Bonchev–Trinajstić information content (AvgIpc) is 2.86. The molecule has 4 aliphatic carbocycles. The van der Waals surface area contributed by atoms with Crippen LogP contribution in [0, 0.1) is 34.5 Å². The van der Waals surface area contributed by atoms with E-state index in [0.29, 0.717) is 30.1 Å². The second-order valence-corrected chi connectivity index (χ2v) is 10.2. The number of rotatable bonds is 1. The average molecular weight is 337 g/mol. The Morgan fingerprint density at radius 3 is 2.38 bits per heavy atom. The number of fused-ring (bicyclic) bond motifs is 5. The molecule has 4 fully saturated rings. The SMILES string of the molecule is CC(O)[C@H]1CCC2C3CC[C@@]4(O)CC(O)CC[C@]4(C)C3CC[C@@]21C. The van der Waals surface area contributed by atoms with Crippen LogP contribution in [0.4, 0.5) is 0 Å². The lowest BCUT2D eigenvalue weighted by Gasteiger charge is -2.64. The summed E-state index contributed by atoms with van der Waals surface area (Å²) >= 11 is 0. The monoisotopic (exact) mass is 336 g/mol. The van der Waals surface area contributed by atoms with E-state index in [1.165, 1.54) is 25.7 Å². The Kier molecular flexibility index (Phi) is 3.92. The van der Waals surface area contributed by atoms with E-state index in [9.17, 15) is 15.3 Å². The van der Waals surface area contributed by atoms with E-state index < -0.39 is 5.60 Å². The van der Waals surface area contributed by atoms with Crippen molar-refractivity contribution in [2.45, 2.75) is 96.4 Å². The fraction of sp³-hybridized carbons (Fsp3) is 1.00. The molecule has 0 radical (unpaired) electrons. The summed E-state index contributed by atoms with van der Waals surface area (Å²) in [5.41, 5.74) is -0.406. The molecule has 0 aromatic heterocycles. The van der Waals surface area contributed by atoms with Gasteiger partial charge < -0.3 is 15.3 Å².